The van der Waals surface area contributed by atoms with Crippen LogP contribution in [0.25, 0.3) is 0 Å². The van der Waals surface area contributed by atoms with Gasteiger partial charge in [-0.2, -0.15) is 0 Å². The molecule has 1 aromatic carbocycles. The van der Waals surface area contributed by atoms with Crippen molar-refractivity contribution in [3.05, 3.63) is 57.8 Å². The molecule has 0 spiro atoms. The van der Waals surface area contributed by atoms with Gasteiger partial charge >= 0.3 is 0 Å². The number of nitrogens with one attached hydrogen (secondary N) is 1. The van der Waals surface area contributed by atoms with E-state index in [2.05, 4.69) is 57.4 Å². The van der Waals surface area contributed by atoms with Gasteiger partial charge in [0.05, 0.1) is 18.3 Å². The molecule has 4 heteroatoms. The summed E-state index contributed by atoms with van der Waals surface area (Å²) in [6.45, 7) is 6.15. The third-order valence-electron chi connectivity index (χ3n) is 3.27. The molecule has 2 aromatic rings. The maximum atomic E-state index is 5.74. The summed E-state index contributed by atoms with van der Waals surface area (Å²) >= 11 is 3.51. The molecule has 2 rings (SSSR count). The van der Waals surface area contributed by atoms with Gasteiger partial charge in [-0.05, 0) is 62.7 Å². The number of halogens is 1. The van der Waals surface area contributed by atoms with E-state index < -0.39 is 0 Å². The topological polar surface area (TPSA) is 34.2 Å². The standard InChI is InChI=1S/C17H21BrN2O/c1-11(2)21-15-8-13(9-20-10-15)17(19-4)16-6-5-14(18)7-12(16)3/h5-11,17,19H,1-4H3. The average Bonchev–Trinajstić information content (AvgIpc) is 2.41. The van der Waals surface area contributed by atoms with Crippen LogP contribution in [0.15, 0.2) is 41.1 Å². The van der Waals surface area contributed by atoms with Crippen LogP contribution in [0.5, 0.6) is 5.75 Å². The minimum atomic E-state index is 0.0984. The molecule has 1 heterocycles. The van der Waals surface area contributed by atoms with Gasteiger partial charge in [0.15, 0.2) is 0 Å². The van der Waals surface area contributed by atoms with E-state index in [-0.39, 0.29) is 12.1 Å². The molecule has 3 nitrogen and oxygen atoms in total. The number of aryl methyl sites for hydroxylation is 1. The summed E-state index contributed by atoms with van der Waals surface area (Å²) in [6, 6.07) is 8.48. The number of benzene rings is 1. The molecular weight excluding hydrogens is 328 g/mol. The number of aromatic nitrogens is 1. The average molecular weight is 349 g/mol. The van der Waals surface area contributed by atoms with E-state index in [4.69, 9.17) is 4.74 Å². The Labute approximate surface area is 134 Å². The molecule has 1 aromatic heterocycles. The van der Waals surface area contributed by atoms with Crippen LogP contribution in [-0.4, -0.2) is 18.1 Å². The van der Waals surface area contributed by atoms with Gasteiger partial charge in [-0.1, -0.05) is 22.0 Å². The Bertz CT molecular complexity index is 613. The highest BCUT2D eigenvalue weighted by Crippen LogP contribution is 2.28. The normalized spacial score (nSPS) is 12.5. The van der Waals surface area contributed by atoms with E-state index in [1.165, 1.54) is 11.1 Å². The van der Waals surface area contributed by atoms with Gasteiger partial charge in [0.2, 0.25) is 0 Å². The minimum Gasteiger partial charge on any atom is -0.489 e. The second-order valence-electron chi connectivity index (χ2n) is 5.34. The summed E-state index contributed by atoms with van der Waals surface area (Å²) < 4.78 is 6.83. The second kappa shape index (κ2) is 7.05. The summed E-state index contributed by atoms with van der Waals surface area (Å²) in [4.78, 5) is 4.31. The lowest BCUT2D eigenvalue weighted by atomic mass is 9.96. The Morgan fingerprint density at radius 3 is 2.57 bits per heavy atom. The summed E-state index contributed by atoms with van der Waals surface area (Å²) in [5.74, 6) is 0.803. The van der Waals surface area contributed by atoms with Crippen molar-refractivity contribution in [1.29, 1.82) is 0 Å². The lowest BCUT2D eigenvalue weighted by Gasteiger charge is -2.20. The van der Waals surface area contributed by atoms with E-state index in [1.54, 1.807) is 6.20 Å². The summed E-state index contributed by atoms with van der Waals surface area (Å²) in [7, 11) is 1.96. The Hall–Kier alpha value is -1.39. The molecular formula is C17H21BrN2O. The Morgan fingerprint density at radius 2 is 1.95 bits per heavy atom. The first-order valence-corrected chi connectivity index (χ1v) is 7.85. The first-order chi connectivity index (χ1) is 10.0. The number of hydrogen-bond acceptors (Lipinski definition) is 3. The monoisotopic (exact) mass is 348 g/mol. The van der Waals surface area contributed by atoms with Crippen molar-refractivity contribution in [3.8, 4) is 5.75 Å². The van der Waals surface area contributed by atoms with Crippen molar-refractivity contribution in [3.63, 3.8) is 0 Å². The zero-order chi connectivity index (χ0) is 15.4. The van der Waals surface area contributed by atoms with Gasteiger partial charge < -0.3 is 10.1 Å². The highest BCUT2D eigenvalue weighted by Gasteiger charge is 2.15. The summed E-state index contributed by atoms with van der Waals surface area (Å²) in [5, 5.41) is 3.36. The maximum Gasteiger partial charge on any atom is 0.138 e. The fourth-order valence-electron chi connectivity index (χ4n) is 2.39. The van der Waals surface area contributed by atoms with E-state index in [1.807, 2.05) is 27.1 Å². The molecule has 0 amide bonds. The highest BCUT2D eigenvalue weighted by molar-refractivity contribution is 9.10. The quantitative estimate of drug-likeness (QED) is 0.876. The van der Waals surface area contributed by atoms with E-state index in [0.29, 0.717) is 0 Å². The molecule has 1 atom stereocenters. The fraction of sp³-hybridized carbons (Fsp3) is 0.353. The van der Waals surface area contributed by atoms with Crippen molar-refractivity contribution in [2.75, 3.05) is 7.05 Å². The molecule has 0 bridgehead atoms. The smallest absolute Gasteiger partial charge is 0.138 e. The Kier molecular flexibility index (Phi) is 5.37. The van der Waals surface area contributed by atoms with Gasteiger partial charge in [0.25, 0.3) is 0 Å². The van der Waals surface area contributed by atoms with E-state index in [9.17, 15) is 0 Å². The maximum absolute atomic E-state index is 5.74. The zero-order valence-corrected chi connectivity index (χ0v) is 14.4. The first-order valence-electron chi connectivity index (χ1n) is 7.06. The Balaban J connectivity index is 2.37. The molecule has 0 fully saturated rings. The molecule has 0 aliphatic heterocycles. The number of rotatable bonds is 5. The molecule has 112 valence electrons. The second-order valence-corrected chi connectivity index (χ2v) is 6.26. The van der Waals surface area contributed by atoms with E-state index >= 15 is 0 Å². The molecule has 0 aliphatic rings. The lowest BCUT2D eigenvalue weighted by Crippen LogP contribution is -2.19. The zero-order valence-electron chi connectivity index (χ0n) is 12.9. The van der Waals surface area contributed by atoms with Gasteiger partial charge in [-0.3, -0.25) is 4.98 Å². The van der Waals surface area contributed by atoms with Crippen LogP contribution < -0.4 is 10.1 Å². The van der Waals surface area contributed by atoms with Crippen molar-refractivity contribution in [2.24, 2.45) is 0 Å². The predicted molar refractivity (Wildman–Crippen MR) is 89.8 cm³/mol. The largest absolute Gasteiger partial charge is 0.489 e. The van der Waals surface area contributed by atoms with Gasteiger partial charge in [-0.25, -0.2) is 0 Å². The molecule has 0 radical (unpaired) electrons. The summed E-state index contributed by atoms with van der Waals surface area (Å²) in [6.07, 6.45) is 3.78. The van der Waals surface area contributed by atoms with Gasteiger partial charge in [-0.15, -0.1) is 0 Å². The van der Waals surface area contributed by atoms with Crippen molar-refractivity contribution in [1.82, 2.24) is 10.3 Å². The van der Waals surface area contributed by atoms with E-state index in [0.717, 1.165) is 15.8 Å². The van der Waals surface area contributed by atoms with Crippen LogP contribution in [0.3, 0.4) is 0 Å². The van der Waals surface area contributed by atoms with Crippen LogP contribution in [-0.2, 0) is 0 Å². The van der Waals surface area contributed by atoms with Crippen molar-refractivity contribution >= 4 is 15.9 Å². The third kappa shape index (κ3) is 4.05. The molecule has 21 heavy (non-hydrogen) atoms. The SMILES string of the molecule is CNC(c1cncc(OC(C)C)c1)c1ccc(Br)cc1C. The van der Waals surface area contributed by atoms with Gasteiger partial charge in [0, 0.05) is 10.7 Å². The van der Waals surface area contributed by atoms with Crippen LogP contribution in [0.2, 0.25) is 0 Å². The van der Waals surface area contributed by atoms with Crippen molar-refractivity contribution in [2.45, 2.75) is 32.9 Å². The first kappa shape index (κ1) is 16.0. The third-order valence-corrected chi connectivity index (χ3v) is 3.76. The molecule has 1 unspecified atom stereocenters. The predicted octanol–water partition coefficient (Wildman–Crippen LogP) is 4.25. The molecule has 0 aliphatic carbocycles. The lowest BCUT2D eigenvalue weighted by molar-refractivity contribution is 0.241. The Morgan fingerprint density at radius 1 is 1.19 bits per heavy atom. The number of hydrogen-bond donors (Lipinski definition) is 1. The number of pyridine rings is 1. The van der Waals surface area contributed by atoms with Gasteiger partial charge in [0.1, 0.15) is 5.75 Å². The molecule has 1 N–H and O–H groups in total. The molecule has 0 saturated heterocycles. The number of ether oxygens (including phenoxy) is 1. The van der Waals surface area contributed by atoms with Crippen LogP contribution >= 0.6 is 15.9 Å². The highest BCUT2D eigenvalue weighted by atomic mass is 79.9. The van der Waals surface area contributed by atoms with Crippen molar-refractivity contribution < 1.29 is 4.74 Å². The van der Waals surface area contributed by atoms with Crippen LogP contribution in [0, 0.1) is 6.92 Å². The summed E-state index contributed by atoms with van der Waals surface area (Å²) in [5.41, 5.74) is 3.57. The fourth-order valence-corrected chi connectivity index (χ4v) is 2.87. The number of nitrogens with zero attached hydrogens (tertiary/aromatic N) is 1. The van der Waals surface area contributed by atoms with Crippen LogP contribution in [0.1, 0.15) is 36.6 Å². The van der Waals surface area contributed by atoms with Crippen LogP contribution in [0.4, 0.5) is 0 Å². The minimum absolute atomic E-state index is 0.0984. The molecule has 0 saturated carbocycles.